The minimum atomic E-state index is -0.477. The van der Waals surface area contributed by atoms with Gasteiger partial charge >= 0.3 is 12.0 Å². The van der Waals surface area contributed by atoms with Crippen LogP contribution in [0.1, 0.15) is 5.56 Å². The van der Waals surface area contributed by atoms with E-state index in [-0.39, 0.29) is 23.7 Å². The van der Waals surface area contributed by atoms with E-state index in [0.29, 0.717) is 11.3 Å². The van der Waals surface area contributed by atoms with Crippen LogP contribution in [0.15, 0.2) is 18.2 Å². The lowest BCUT2D eigenvalue weighted by atomic mass is 10.2. The zero-order chi connectivity index (χ0) is 15.4. The number of benzene rings is 1. The topological polar surface area (TPSA) is 112 Å². The van der Waals surface area contributed by atoms with Gasteiger partial charge in [-0.15, -0.1) is 4.98 Å². The molecule has 0 saturated heterocycles. The molecule has 0 atom stereocenters. The molecule has 0 fully saturated rings. The summed E-state index contributed by atoms with van der Waals surface area (Å²) in [6, 6.07) is 4.58. The number of nitro benzene ring substituents is 1. The van der Waals surface area contributed by atoms with Gasteiger partial charge in [-0.2, -0.15) is 9.97 Å². The summed E-state index contributed by atoms with van der Waals surface area (Å²) in [7, 11) is 3.05. The zero-order valence-corrected chi connectivity index (χ0v) is 11.7. The fourth-order valence-electron chi connectivity index (χ4n) is 1.60. The summed E-state index contributed by atoms with van der Waals surface area (Å²) in [6.07, 6.45) is 0. The van der Waals surface area contributed by atoms with Crippen molar-refractivity contribution in [1.82, 2.24) is 15.0 Å². The summed E-state index contributed by atoms with van der Waals surface area (Å²) in [5, 5.41) is 13.6. The molecule has 1 heterocycles. The molecule has 0 saturated carbocycles. The van der Waals surface area contributed by atoms with E-state index < -0.39 is 4.92 Å². The van der Waals surface area contributed by atoms with Crippen LogP contribution in [0, 0.1) is 17.0 Å². The largest absolute Gasteiger partial charge is 0.467 e. The molecule has 0 bridgehead atoms. The molecule has 110 valence electrons. The molecule has 9 nitrogen and oxygen atoms in total. The van der Waals surface area contributed by atoms with Crippen LogP contribution in [0.4, 0.5) is 11.6 Å². The normalized spacial score (nSPS) is 10.0. The molecule has 0 aliphatic carbocycles. The van der Waals surface area contributed by atoms with E-state index in [4.69, 9.17) is 9.47 Å². The van der Waals surface area contributed by atoms with Crippen LogP contribution in [0.25, 0.3) is 0 Å². The Morgan fingerprint density at radius 3 is 2.57 bits per heavy atom. The molecule has 0 radical (unpaired) electrons. The van der Waals surface area contributed by atoms with Gasteiger partial charge in [0.1, 0.15) is 5.75 Å². The monoisotopic (exact) mass is 291 g/mol. The highest BCUT2D eigenvalue weighted by Crippen LogP contribution is 2.30. The first-order valence-corrected chi connectivity index (χ1v) is 5.95. The fourth-order valence-corrected chi connectivity index (χ4v) is 1.60. The van der Waals surface area contributed by atoms with E-state index in [9.17, 15) is 10.1 Å². The zero-order valence-electron chi connectivity index (χ0n) is 11.7. The Morgan fingerprint density at radius 2 is 1.95 bits per heavy atom. The van der Waals surface area contributed by atoms with Gasteiger partial charge in [0, 0.05) is 13.1 Å². The summed E-state index contributed by atoms with van der Waals surface area (Å²) in [4.78, 5) is 22.3. The Hall–Kier alpha value is -2.97. The third-order valence-electron chi connectivity index (χ3n) is 2.65. The van der Waals surface area contributed by atoms with Crippen LogP contribution in [-0.2, 0) is 0 Å². The van der Waals surface area contributed by atoms with Crippen molar-refractivity contribution in [3.8, 4) is 17.8 Å². The van der Waals surface area contributed by atoms with Gasteiger partial charge in [0.25, 0.3) is 5.69 Å². The van der Waals surface area contributed by atoms with Crippen molar-refractivity contribution in [2.45, 2.75) is 6.92 Å². The van der Waals surface area contributed by atoms with Gasteiger partial charge in [-0.25, -0.2) is 0 Å². The van der Waals surface area contributed by atoms with Crippen molar-refractivity contribution in [1.29, 1.82) is 0 Å². The van der Waals surface area contributed by atoms with E-state index >= 15 is 0 Å². The Kier molecular flexibility index (Phi) is 4.12. The van der Waals surface area contributed by atoms with E-state index in [0.717, 1.165) is 0 Å². The van der Waals surface area contributed by atoms with Crippen LogP contribution < -0.4 is 14.8 Å². The number of hydrogen-bond donors (Lipinski definition) is 1. The predicted octanol–water partition coefficient (Wildman–Crippen LogP) is 1.93. The number of methoxy groups -OCH3 is 1. The molecule has 0 aliphatic rings. The number of nitrogens with one attached hydrogen (secondary N) is 1. The summed E-state index contributed by atoms with van der Waals surface area (Å²) in [6.45, 7) is 1.59. The Labute approximate surface area is 120 Å². The second-order valence-corrected chi connectivity index (χ2v) is 3.94. The van der Waals surface area contributed by atoms with Gasteiger partial charge < -0.3 is 14.8 Å². The maximum absolute atomic E-state index is 10.9. The number of rotatable bonds is 5. The minimum Gasteiger partial charge on any atom is -0.467 e. The van der Waals surface area contributed by atoms with E-state index in [1.807, 2.05) is 0 Å². The SMILES string of the molecule is CNc1nc(OC)nc(Oc2cccc([N+](=O)[O-])c2C)n1. The molecule has 0 aliphatic heterocycles. The number of hydrogen-bond acceptors (Lipinski definition) is 8. The van der Waals surface area contributed by atoms with E-state index in [2.05, 4.69) is 20.3 Å². The smallest absolute Gasteiger partial charge is 0.330 e. The van der Waals surface area contributed by atoms with Gasteiger partial charge in [-0.3, -0.25) is 10.1 Å². The van der Waals surface area contributed by atoms with Crippen LogP contribution in [-0.4, -0.2) is 34.0 Å². The van der Waals surface area contributed by atoms with Gasteiger partial charge in [-0.05, 0) is 13.0 Å². The average Bonchev–Trinajstić information content (AvgIpc) is 2.48. The van der Waals surface area contributed by atoms with Crippen molar-refractivity contribution < 1.29 is 14.4 Å². The summed E-state index contributed by atoms with van der Waals surface area (Å²) in [5.41, 5.74) is 0.343. The lowest BCUT2D eigenvalue weighted by Crippen LogP contribution is -2.04. The highest BCUT2D eigenvalue weighted by molar-refractivity contribution is 5.49. The second kappa shape index (κ2) is 5.99. The summed E-state index contributed by atoms with van der Waals surface area (Å²) in [5.74, 6) is 0.555. The molecule has 0 spiro atoms. The van der Waals surface area contributed by atoms with Crippen LogP contribution >= 0.6 is 0 Å². The molecule has 1 N–H and O–H groups in total. The minimum absolute atomic E-state index is 0.0187. The third kappa shape index (κ3) is 3.14. The number of nitrogens with zero attached hydrogens (tertiary/aromatic N) is 4. The van der Waals surface area contributed by atoms with Crippen molar-refractivity contribution >= 4 is 11.6 Å². The lowest BCUT2D eigenvalue weighted by Gasteiger charge is -2.08. The van der Waals surface area contributed by atoms with Gasteiger partial charge in [-0.1, -0.05) is 6.07 Å². The average molecular weight is 291 g/mol. The quantitative estimate of drug-likeness (QED) is 0.656. The van der Waals surface area contributed by atoms with Gasteiger partial charge in [0.15, 0.2) is 0 Å². The first kappa shape index (κ1) is 14.4. The van der Waals surface area contributed by atoms with Crippen molar-refractivity contribution in [3.63, 3.8) is 0 Å². The maximum atomic E-state index is 10.9. The van der Waals surface area contributed by atoms with E-state index in [1.54, 1.807) is 20.0 Å². The number of anilines is 1. The molecule has 0 unspecified atom stereocenters. The Bertz CT molecular complexity index is 654. The molecule has 21 heavy (non-hydrogen) atoms. The molecular weight excluding hydrogens is 278 g/mol. The predicted molar refractivity (Wildman–Crippen MR) is 73.8 cm³/mol. The van der Waals surface area contributed by atoms with Crippen LogP contribution in [0.2, 0.25) is 0 Å². The maximum Gasteiger partial charge on any atom is 0.330 e. The van der Waals surface area contributed by atoms with Gasteiger partial charge in [0.05, 0.1) is 17.6 Å². The summed E-state index contributed by atoms with van der Waals surface area (Å²) < 4.78 is 10.4. The van der Waals surface area contributed by atoms with Crippen molar-refractivity contribution in [3.05, 3.63) is 33.9 Å². The van der Waals surface area contributed by atoms with Crippen molar-refractivity contribution in [2.75, 3.05) is 19.5 Å². The number of aromatic nitrogens is 3. The third-order valence-corrected chi connectivity index (χ3v) is 2.65. The Balaban J connectivity index is 2.38. The first-order chi connectivity index (χ1) is 10.0. The number of nitro groups is 1. The number of ether oxygens (including phenoxy) is 2. The highest BCUT2D eigenvalue weighted by atomic mass is 16.6. The standard InChI is InChI=1S/C12H13N5O4/c1-7-8(17(18)19)5-4-6-9(7)21-12-15-10(13-2)14-11(16-12)20-3/h4-6H,1-3H3,(H,13,14,15,16). The fraction of sp³-hybridized carbons (Fsp3) is 0.250. The van der Waals surface area contributed by atoms with Crippen LogP contribution in [0.3, 0.4) is 0 Å². The molecular formula is C12H13N5O4. The lowest BCUT2D eigenvalue weighted by molar-refractivity contribution is -0.385. The van der Waals surface area contributed by atoms with Gasteiger partial charge in [0.2, 0.25) is 5.95 Å². The molecule has 1 aromatic heterocycles. The van der Waals surface area contributed by atoms with E-state index in [1.165, 1.54) is 19.2 Å². The molecule has 1 aromatic carbocycles. The highest BCUT2D eigenvalue weighted by Gasteiger charge is 2.16. The molecule has 0 amide bonds. The molecule has 2 rings (SSSR count). The van der Waals surface area contributed by atoms with Crippen molar-refractivity contribution in [2.24, 2.45) is 0 Å². The molecule has 9 heteroatoms. The Morgan fingerprint density at radius 1 is 1.24 bits per heavy atom. The molecule has 2 aromatic rings. The second-order valence-electron chi connectivity index (χ2n) is 3.94. The first-order valence-electron chi connectivity index (χ1n) is 5.95. The summed E-state index contributed by atoms with van der Waals surface area (Å²) >= 11 is 0. The van der Waals surface area contributed by atoms with Crippen LogP contribution in [0.5, 0.6) is 17.8 Å².